The zero-order valence-corrected chi connectivity index (χ0v) is 14.6. The normalized spacial score (nSPS) is 53.4. The minimum atomic E-state index is -1.36. The monoisotopic (exact) mass is 346 g/mol. The summed E-state index contributed by atoms with van der Waals surface area (Å²) < 4.78 is 5.33. The third kappa shape index (κ3) is 1.72. The summed E-state index contributed by atoms with van der Waals surface area (Å²) >= 11 is 0. The number of hydrogen-bond acceptors (Lipinski definition) is 5. The zero-order valence-electron chi connectivity index (χ0n) is 14.6. The average Bonchev–Trinajstić information content (AvgIpc) is 3.05. The Hall–Kier alpha value is -1.17. The van der Waals surface area contributed by atoms with Gasteiger partial charge in [-0.1, -0.05) is 6.92 Å². The first kappa shape index (κ1) is 16.0. The van der Waals surface area contributed by atoms with Crippen molar-refractivity contribution in [2.24, 2.45) is 28.6 Å². The molecule has 7 unspecified atom stereocenters. The Morgan fingerprint density at radius 2 is 2.12 bits per heavy atom. The van der Waals surface area contributed by atoms with Crippen LogP contribution in [-0.4, -0.2) is 39.6 Å². The molecule has 5 rings (SSSR count). The standard InChI is InChI=1S/C20H26O5/c1-18-6-5-14-12(8-16(22)25-14)13(18)4-7-19-9-11(2-3-15(18)19)20(24,10-21)17(19)23/h5,8,11,13,15,17,21,23-24H,2-4,6-7,9-10H2,1H3. The van der Waals surface area contributed by atoms with Gasteiger partial charge in [0.2, 0.25) is 0 Å². The van der Waals surface area contributed by atoms with Crippen LogP contribution in [0.5, 0.6) is 0 Å². The number of ether oxygens (including phenoxy) is 1. The van der Waals surface area contributed by atoms with E-state index in [4.69, 9.17) is 4.74 Å². The van der Waals surface area contributed by atoms with Crippen molar-refractivity contribution in [3.05, 3.63) is 23.5 Å². The number of rotatable bonds is 1. The summed E-state index contributed by atoms with van der Waals surface area (Å²) in [6.07, 6.45) is 7.96. The van der Waals surface area contributed by atoms with Gasteiger partial charge in [-0.25, -0.2) is 4.79 Å². The molecule has 2 bridgehead atoms. The van der Waals surface area contributed by atoms with Crippen LogP contribution < -0.4 is 0 Å². The minimum Gasteiger partial charge on any atom is -0.423 e. The molecule has 0 saturated heterocycles. The second-order valence-electron chi connectivity index (χ2n) is 9.21. The molecule has 7 atom stereocenters. The highest BCUT2D eigenvalue weighted by molar-refractivity contribution is 5.88. The van der Waals surface area contributed by atoms with Gasteiger partial charge in [-0.15, -0.1) is 0 Å². The van der Waals surface area contributed by atoms with Gasteiger partial charge in [-0.05, 0) is 67.8 Å². The van der Waals surface area contributed by atoms with Crippen molar-refractivity contribution in [1.82, 2.24) is 0 Å². The highest BCUT2D eigenvalue weighted by Gasteiger charge is 2.70. The van der Waals surface area contributed by atoms with Crippen LogP contribution in [0, 0.1) is 28.6 Å². The minimum absolute atomic E-state index is 0.0193. The van der Waals surface area contributed by atoms with Gasteiger partial charge in [0.25, 0.3) is 0 Å². The van der Waals surface area contributed by atoms with Crippen LogP contribution in [0.1, 0.15) is 45.4 Å². The fourth-order valence-electron chi connectivity index (χ4n) is 7.34. The van der Waals surface area contributed by atoms with Crippen molar-refractivity contribution in [1.29, 1.82) is 0 Å². The van der Waals surface area contributed by atoms with E-state index >= 15 is 0 Å². The molecule has 0 aromatic heterocycles. The Kier molecular flexibility index (Phi) is 3.05. The molecule has 25 heavy (non-hydrogen) atoms. The number of hydrogen-bond donors (Lipinski definition) is 3. The lowest BCUT2D eigenvalue weighted by Gasteiger charge is -2.60. The van der Waals surface area contributed by atoms with Gasteiger partial charge in [0.05, 0.1) is 12.7 Å². The van der Waals surface area contributed by atoms with Crippen LogP contribution in [0.25, 0.3) is 0 Å². The molecule has 1 heterocycles. The molecule has 5 heteroatoms. The molecule has 0 amide bonds. The van der Waals surface area contributed by atoms with E-state index in [1.165, 1.54) is 0 Å². The smallest absolute Gasteiger partial charge is 0.336 e. The molecule has 3 saturated carbocycles. The topological polar surface area (TPSA) is 87.0 Å². The highest BCUT2D eigenvalue weighted by Crippen LogP contribution is 2.71. The van der Waals surface area contributed by atoms with Crippen molar-refractivity contribution < 1.29 is 24.9 Å². The molecule has 0 radical (unpaired) electrons. The second-order valence-corrected chi connectivity index (χ2v) is 9.21. The highest BCUT2D eigenvalue weighted by atomic mass is 16.5. The zero-order chi connectivity index (χ0) is 17.6. The SMILES string of the molecule is CC12CC=C3OC(=O)C=C3C1CCC13CC(CCC21)C(O)(CO)C3O. The molecular formula is C20H26O5. The first-order chi connectivity index (χ1) is 11.8. The Morgan fingerprint density at radius 1 is 1.32 bits per heavy atom. The van der Waals surface area contributed by atoms with E-state index in [2.05, 4.69) is 6.92 Å². The number of fused-ring (bicyclic) bond motifs is 5. The van der Waals surface area contributed by atoms with E-state index in [9.17, 15) is 20.1 Å². The summed E-state index contributed by atoms with van der Waals surface area (Å²) in [5.41, 5.74) is -0.699. The van der Waals surface area contributed by atoms with E-state index in [-0.39, 0.29) is 41.2 Å². The van der Waals surface area contributed by atoms with Gasteiger partial charge >= 0.3 is 5.97 Å². The summed E-state index contributed by atoms with van der Waals surface area (Å²) in [6, 6.07) is 0. The van der Waals surface area contributed by atoms with Crippen molar-refractivity contribution in [3.63, 3.8) is 0 Å². The van der Waals surface area contributed by atoms with Crippen molar-refractivity contribution in [2.45, 2.75) is 57.2 Å². The summed E-state index contributed by atoms with van der Waals surface area (Å²) in [5, 5.41) is 31.9. The van der Waals surface area contributed by atoms with Gasteiger partial charge < -0.3 is 20.1 Å². The largest absolute Gasteiger partial charge is 0.423 e. The Balaban J connectivity index is 1.59. The number of esters is 1. The number of allylic oxidation sites excluding steroid dienone is 2. The van der Waals surface area contributed by atoms with E-state index in [0.29, 0.717) is 0 Å². The van der Waals surface area contributed by atoms with Crippen LogP contribution in [0.2, 0.25) is 0 Å². The molecule has 4 aliphatic carbocycles. The summed E-state index contributed by atoms with van der Waals surface area (Å²) in [4.78, 5) is 11.7. The van der Waals surface area contributed by atoms with Crippen LogP contribution >= 0.6 is 0 Å². The molecule has 136 valence electrons. The molecule has 5 aliphatic rings. The van der Waals surface area contributed by atoms with Crippen LogP contribution in [0.4, 0.5) is 0 Å². The van der Waals surface area contributed by atoms with E-state index in [0.717, 1.165) is 49.9 Å². The molecule has 0 aromatic rings. The molecule has 5 nitrogen and oxygen atoms in total. The quantitative estimate of drug-likeness (QED) is 0.629. The van der Waals surface area contributed by atoms with Crippen molar-refractivity contribution >= 4 is 5.97 Å². The third-order valence-electron chi connectivity index (χ3n) is 8.46. The fourth-order valence-corrected chi connectivity index (χ4v) is 7.34. The lowest BCUT2D eigenvalue weighted by atomic mass is 9.44. The van der Waals surface area contributed by atoms with E-state index in [1.54, 1.807) is 6.08 Å². The van der Waals surface area contributed by atoms with Crippen LogP contribution in [-0.2, 0) is 9.53 Å². The second kappa shape index (κ2) is 4.76. The molecule has 0 aromatic carbocycles. The molecule has 1 aliphatic heterocycles. The summed E-state index contributed by atoms with van der Waals surface area (Å²) in [6.45, 7) is 1.91. The first-order valence-electron chi connectivity index (χ1n) is 9.50. The number of aliphatic hydroxyl groups excluding tert-OH is 2. The first-order valence-corrected chi connectivity index (χ1v) is 9.50. The predicted octanol–water partition coefficient (Wildman–Crippen LogP) is 1.67. The van der Waals surface area contributed by atoms with Gasteiger partial charge in [-0.2, -0.15) is 0 Å². The van der Waals surface area contributed by atoms with Gasteiger partial charge in [-0.3, -0.25) is 0 Å². The van der Waals surface area contributed by atoms with E-state index < -0.39 is 11.7 Å². The molecule has 1 spiro atoms. The van der Waals surface area contributed by atoms with Crippen molar-refractivity contribution in [3.8, 4) is 0 Å². The third-order valence-corrected chi connectivity index (χ3v) is 8.46. The maximum Gasteiger partial charge on any atom is 0.336 e. The Labute approximate surface area is 147 Å². The van der Waals surface area contributed by atoms with E-state index in [1.807, 2.05) is 6.08 Å². The summed E-state index contributed by atoms with van der Waals surface area (Å²) in [5.74, 6) is 0.983. The number of carbonyl (C=O) groups is 1. The molecule has 3 N–H and O–H groups in total. The summed E-state index contributed by atoms with van der Waals surface area (Å²) in [7, 11) is 0. The van der Waals surface area contributed by atoms with Gasteiger partial charge in [0.15, 0.2) is 0 Å². The lowest BCUT2D eigenvalue weighted by Crippen LogP contribution is -2.57. The predicted molar refractivity (Wildman–Crippen MR) is 89.0 cm³/mol. The van der Waals surface area contributed by atoms with Crippen LogP contribution in [0.3, 0.4) is 0 Å². The Bertz CT molecular complexity index is 711. The molecular weight excluding hydrogens is 320 g/mol. The average molecular weight is 346 g/mol. The maximum absolute atomic E-state index is 11.7. The maximum atomic E-state index is 11.7. The van der Waals surface area contributed by atoms with Gasteiger partial charge in [0.1, 0.15) is 11.4 Å². The number of aliphatic hydroxyl groups is 3. The van der Waals surface area contributed by atoms with Crippen molar-refractivity contribution in [2.75, 3.05) is 6.61 Å². The molecule has 3 fully saturated rings. The lowest BCUT2D eigenvalue weighted by molar-refractivity contribution is -0.161. The fraction of sp³-hybridized carbons (Fsp3) is 0.750. The van der Waals surface area contributed by atoms with Gasteiger partial charge in [0, 0.05) is 17.1 Å². The Morgan fingerprint density at radius 3 is 2.88 bits per heavy atom. The van der Waals surface area contributed by atoms with Crippen LogP contribution in [0.15, 0.2) is 23.5 Å². The number of carbonyl (C=O) groups excluding carboxylic acids is 1.